The molecule has 5 nitrogen and oxygen atoms in total. The number of nitrogens with zero attached hydrogens (tertiary/aromatic N) is 3. The molecule has 0 fully saturated rings. The van der Waals surface area contributed by atoms with Crippen LogP contribution in [0.25, 0.3) is 5.65 Å². The second kappa shape index (κ2) is 4.56. The van der Waals surface area contributed by atoms with Crippen LogP contribution in [0.3, 0.4) is 0 Å². The number of anilines is 1. The monoisotopic (exact) mass is 258 g/mol. The van der Waals surface area contributed by atoms with Crippen LogP contribution in [0, 0.1) is 5.82 Å². The van der Waals surface area contributed by atoms with E-state index >= 15 is 0 Å². The van der Waals surface area contributed by atoms with E-state index in [-0.39, 0.29) is 12.4 Å². The Bertz CT molecular complexity index is 708. The minimum Gasteiger partial charge on any atom is -0.486 e. The summed E-state index contributed by atoms with van der Waals surface area (Å²) < 4.78 is 20.0. The van der Waals surface area contributed by atoms with Crippen molar-refractivity contribution in [3.63, 3.8) is 0 Å². The first-order chi connectivity index (χ1) is 9.24. The predicted molar refractivity (Wildman–Crippen MR) is 68.1 cm³/mol. The van der Waals surface area contributed by atoms with Gasteiger partial charge in [0, 0.05) is 6.20 Å². The van der Waals surface area contributed by atoms with Crippen LogP contribution in [-0.4, -0.2) is 14.6 Å². The molecule has 2 aromatic heterocycles. The number of benzene rings is 1. The fourth-order valence-corrected chi connectivity index (χ4v) is 1.76. The van der Waals surface area contributed by atoms with Crippen LogP contribution in [0.15, 0.2) is 42.6 Å². The lowest BCUT2D eigenvalue weighted by Crippen LogP contribution is -2.01. The molecule has 0 saturated heterocycles. The van der Waals surface area contributed by atoms with Crippen molar-refractivity contribution in [1.82, 2.24) is 14.6 Å². The maximum atomic E-state index is 12.8. The summed E-state index contributed by atoms with van der Waals surface area (Å²) in [6, 6.07) is 9.38. The average Bonchev–Trinajstić information content (AvgIpc) is 2.83. The second-order valence-electron chi connectivity index (χ2n) is 4.02. The number of ether oxygens (including phenoxy) is 1. The lowest BCUT2D eigenvalue weighted by Gasteiger charge is -2.05. The molecule has 3 aromatic rings. The van der Waals surface area contributed by atoms with Gasteiger partial charge in [-0.1, -0.05) is 0 Å². The lowest BCUT2D eigenvalue weighted by atomic mass is 10.3. The van der Waals surface area contributed by atoms with Crippen LogP contribution >= 0.6 is 0 Å². The molecule has 3 rings (SSSR count). The van der Waals surface area contributed by atoms with E-state index < -0.39 is 0 Å². The average molecular weight is 258 g/mol. The van der Waals surface area contributed by atoms with Crippen LogP contribution in [0.2, 0.25) is 0 Å². The first kappa shape index (κ1) is 11.5. The summed E-state index contributed by atoms with van der Waals surface area (Å²) in [6.45, 7) is 0.232. The topological polar surface area (TPSA) is 65.4 Å². The van der Waals surface area contributed by atoms with Gasteiger partial charge in [-0.2, -0.15) is 0 Å². The van der Waals surface area contributed by atoms with Gasteiger partial charge in [-0.25, -0.2) is 4.39 Å². The second-order valence-corrected chi connectivity index (χ2v) is 4.02. The molecule has 2 heterocycles. The Morgan fingerprint density at radius 2 is 1.95 bits per heavy atom. The third-order valence-corrected chi connectivity index (χ3v) is 2.72. The number of aromatic nitrogens is 3. The third-order valence-electron chi connectivity index (χ3n) is 2.72. The summed E-state index contributed by atoms with van der Waals surface area (Å²) in [5.41, 5.74) is 6.94. The predicted octanol–water partition coefficient (Wildman–Crippen LogP) is 2.03. The minimum absolute atomic E-state index is 0.232. The summed E-state index contributed by atoms with van der Waals surface area (Å²) in [5, 5.41) is 8.02. The van der Waals surface area contributed by atoms with Gasteiger partial charge in [0.15, 0.2) is 11.5 Å². The highest BCUT2D eigenvalue weighted by molar-refractivity contribution is 5.63. The van der Waals surface area contributed by atoms with Crippen molar-refractivity contribution in [1.29, 1.82) is 0 Å². The van der Waals surface area contributed by atoms with E-state index in [0.717, 1.165) is 0 Å². The lowest BCUT2D eigenvalue weighted by molar-refractivity contribution is 0.294. The van der Waals surface area contributed by atoms with Gasteiger partial charge in [-0.05, 0) is 36.4 Å². The number of nitrogen functional groups attached to an aromatic ring is 1. The van der Waals surface area contributed by atoms with Crippen molar-refractivity contribution in [2.75, 3.05) is 5.73 Å². The van der Waals surface area contributed by atoms with Crippen molar-refractivity contribution in [3.05, 3.63) is 54.2 Å². The van der Waals surface area contributed by atoms with Crippen LogP contribution in [0.1, 0.15) is 5.82 Å². The van der Waals surface area contributed by atoms with Crippen LogP contribution in [0.5, 0.6) is 5.75 Å². The van der Waals surface area contributed by atoms with E-state index in [1.165, 1.54) is 12.1 Å². The smallest absolute Gasteiger partial charge is 0.184 e. The molecule has 0 bridgehead atoms. The Hall–Kier alpha value is -2.63. The third kappa shape index (κ3) is 2.20. The first-order valence-electron chi connectivity index (χ1n) is 5.70. The number of halogens is 1. The Kier molecular flexibility index (Phi) is 2.75. The minimum atomic E-state index is -0.298. The SMILES string of the molecule is Nc1cccn2c(COc3ccc(F)cc3)nnc12. The van der Waals surface area contributed by atoms with Crippen LogP contribution in [0.4, 0.5) is 10.1 Å². The van der Waals surface area contributed by atoms with Crippen molar-refractivity contribution in [3.8, 4) is 5.75 Å². The van der Waals surface area contributed by atoms with Gasteiger partial charge in [0.2, 0.25) is 0 Å². The molecule has 0 aliphatic carbocycles. The standard InChI is InChI=1S/C13H11FN4O/c14-9-3-5-10(6-4-9)19-8-12-16-17-13-11(15)2-1-7-18(12)13/h1-7H,8,15H2. The van der Waals surface area contributed by atoms with Gasteiger partial charge < -0.3 is 10.5 Å². The molecule has 1 aromatic carbocycles. The zero-order chi connectivity index (χ0) is 13.2. The molecule has 0 amide bonds. The maximum absolute atomic E-state index is 12.8. The van der Waals surface area contributed by atoms with Crippen LogP contribution in [-0.2, 0) is 6.61 Å². The quantitative estimate of drug-likeness (QED) is 0.780. The highest BCUT2D eigenvalue weighted by Crippen LogP contribution is 2.15. The molecule has 0 radical (unpaired) electrons. The number of rotatable bonds is 3. The first-order valence-corrected chi connectivity index (χ1v) is 5.70. The fourth-order valence-electron chi connectivity index (χ4n) is 1.76. The molecule has 0 aliphatic heterocycles. The van der Waals surface area contributed by atoms with Gasteiger partial charge in [-0.3, -0.25) is 4.40 Å². The van der Waals surface area contributed by atoms with E-state index in [4.69, 9.17) is 10.5 Å². The highest BCUT2D eigenvalue weighted by atomic mass is 19.1. The molecular formula is C13H11FN4O. The molecule has 0 atom stereocenters. The number of hydrogen-bond acceptors (Lipinski definition) is 4. The Balaban J connectivity index is 1.82. The summed E-state index contributed by atoms with van der Waals surface area (Å²) in [6.07, 6.45) is 1.81. The molecule has 0 saturated carbocycles. The Morgan fingerprint density at radius 3 is 2.74 bits per heavy atom. The van der Waals surface area contributed by atoms with E-state index in [2.05, 4.69) is 10.2 Å². The van der Waals surface area contributed by atoms with Crippen LogP contribution < -0.4 is 10.5 Å². The molecule has 0 aliphatic rings. The summed E-state index contributed by atoms with van der Waals surface area (Å²) in [4.78, 5) is 0. The molecule has 6 heteroatoms. The van der Waals surface area contributed by atoms with E-state index in [1.807, 2.05) is 12.3 Å². The van der Waals surface area contributed by atoms with E-state index in [9.17, 15) is 4.39 Å². The fraction of sp³-hybridized carbons (Fsp3) is 0.0769. The molecule has 2 N–H and O–H groups in total. The molecule has 0 unspecified atom stereocenters. The zero-order valence-corrected chi connectivity index (χ0v) is 9.95. The van der Waals surface area contributed by atoms with Crippen molar-refractivity contribution < 1.29 is 9.13 Å². The zero-order valence-electron chi connectivity index (χ0n) is 9.95. The molecule has 19 heavy (non-hydrogen) atoms. The summed E-state index contributed by atoms with van der Waals surface area (Å²) >= 11 is 0. The van der Waals surface area contributed by atoms with Crippen molar-refractivity contribution >= 4 is 11.3 Å². The van der Waals surface area contributed by atoms with Gasteiger partial charge in [-0.15, -0.1) is 10.2 Å². The number of nitrogens with two attached hydrogens (primary N) is 1. The highest BCUT2D eigenvalue weighted by Gasteiger charge is 2.07. The Morgan fingerprint density at radius 1 is 1.16 bits per heavy atom. The molecule has 0 spiro atoms. The van der Waals surface area contributed by atoms with E-state index in [0.29, 0.717) is 22.9 Å². The maximum Gasteiger partial charge on any atom is 0.184 e. The van der Waals surface area contributed by atoms with E-state index in [1.54, 1.807) is 22.6 Å². The van der Waals surface area contributed by atoms with Gasteiger partial charge in [0.25, 0.3) is 0 Å². The number of hydrogen-bond donors (Lipinski definition) is 1. The normalized spacial score (nSPS) is 10.8. The largest absolute Gasteiger partial charge is 0.486 e. The summed E-state index contributed by atoms with van der Waals surface area (Å²) in [5.74, 6) is 0.904. The molecular weight excluding hydrogens is 247 g/mol. The summed E-state index contributed by atoms with van der Waals surface area (Å²) in [7, 11) is 0. The molecule has 96 valence electrons. The number of pyridine rings is 1. The van der Waals surface area contributed by atoms with Gasteiger partial charge in [0.05, 0.1) is 5.69 Å². The van der Waals surface area contributed by atoms with Gasteiger partial charge >= 0.3 is 0 Å². The van der Waals surface area contributed by atoms with Gasteiger partial charge in [0.1, 0.15) is 18.2 Å². The number of fused-ring (bicyclic) bond motifs is 1. The van der Waals surface area contributed by atoms with Crippen molar-refractivity contribution in [2.24, 2.45) is 0 Å². The Labute approximate surface area is 108 Å². The van der Waals surface area contributed by atoms with Crippen molar-refractivity contribution in [2.45, 2.75) is 6.61 Å².